The van der Waals surface area contributed by atoms with Gasteiger partial charge in [-0.3, -0.25) is 4.79 Å². The minimum Gasteiger partial charge on any atom is -0.352 e. The fourth-order valence-electron chi connectivity index (χ4n) is 2.16. The summed E-state index contributed by atoms with van der Waals surface area (Å²) in [6, 6.07) is 2.18. The fraction of sp³-hybridized carbons (Fsp3) is 0.429. The molecule has 0 aliphatic heterocycles. The molecule has 1 aromatic heterocycles. The molecule has 1 heterocycles. The van der Waals surface area contributed by atoms with E-state index in [-0.39, 0.29) is 18.5 Å². The van der Waals surface area contributed by atoms with Crippen LogP contribution in [0.4, 0.5) is 8.78 Å². The second kappa shape index (κ2) is 5.98. The summed E-state index contributed by atoms with van der Waals surface area (Å²) in [5.41, 5.74) is 0.737. The molecule has 0 radical (unpaired) electrons. The van der Waals surface area contributed by atoms with Gasteiger partial charge in [0.25, 0.3) is 0 Å². The largest absolute Gasteiger partial charge is 0.352 e. The van der Waals surface area contributed by atoms with Crippen molar-refractivity contribution in [3.05, 3.63) is 30.1 Å². The van der Waals surface area contributed by atoms with Crippen LogP contribution in [0.1, 0.15) is 26.7 Å². The minimum atomic E-state index is -0.945. The highest BCUT2D eigenvalue weighted by Crippen LogP contribution is 2.17. The van der Waals surface area contributed by atoms with E-state index >= 15 is 0 Å². The molecule has 2 rings (SSSR count). The van der Waals surface area contributed by atoms with Crippen molar-refractivity contribution in [1.29, 1.82) is 0 Å². The molecule has 1 unspecified atom stereocenters. The molecule has 0 aliphatic carbocycles. The van der Waals surface area contributed by atoms with Gasteiger partial charge in [-0.15, -0.1) is 0 Å². The van der Waals surface area contributed by atoms with Gasteiger partial charge in [-0.25, -0.2) is 13.8 Å². The van der Waals surface area contributed by atoms with Crippen molar-refractivity contribution in [2.45, 2.75) is 39.3 Å². The second-order valence-corrected chi connectivity index (χ2v) is 4.88. The molecule has 1 atom stereocenters. The molecule has 1 N–H and O–H groups in total. The van der Waals surface area contributed by atoms with Gasteiger partial charge in [-0.2, -0.15) is 0 Å². The number of fused-ring (bicyclic) bond motifs is 1. The zero-order chi connectivity index (χ0) is 14.7. The Balaban J connectivity index is 2.14. The number of nitrogens with zero attached hydrogens (tertiary/aromatic N) is 2. The fourth-order valence-corrected chi connectivity index (χ4v) is 2.16. The molecule has 108 valence electrons. The first-order chi connectivity index (χ1) is 9.51. The van der Waals surface area contributed by atoms with Crippen LogP contribution in [0.2, 0.25) is 0 Å². The van der Waals surface area contributed by atoms with Crippen LogP contribution >= 0.6 is 0 Å². The predicted octanol–water partition coefficient (Wildman–Crippen LogP) is 2.62. The van der Waals surface area contributed by atoms with Gasteiger partial charge in [0.15, 0.2) is 11.6 Å². The molecule has 0 fully saturated rings. The Morgan fingerprint density at radius 2 is 2.10 bits per heavy atom. The van der Waals surface area contributed by atoms with E-state index in [1.165, 1.54) is 10.9 Å². The number of rotatable bonds is 5. The summed E-state index contributed by atoms with van der Waals surface area (Å²) < 4.78 is 27.8. The van der Waals surface area contributed by atoms with E-state index in [1.807, 2.05) is 13.8 Å². The Morgan fingerprint density at radius 3 is 2.80 bits per heavy atom. The topological polar surface area (TPSA) is 46.9 Å². The van der Waals surface area contributed by atoms with Crippen LogP contribution in [0.5, 0.6) is 0 Å². The van der Waals surface area contributed by atoms with Crippen molar-refractivity contribution >= 4 is 16.9 Å². The summed E-state index contributed by atoms with van der Waals surface area (Å²) in [6.45, 7) is 4.02. The molecule has 1 amide bonds. The standard InChI is InChI=1S/C14H17F2N3O/c1-3-4-9(2)18-14(20)7-19-8-17-12-5-10(15)11(16)6-13(12)19/h5-6,8-9H,3-4,7H2,1-2H3,(H,18,20). The third kappa shape index (κ3) is 3.12. The van der Waals surface area contributed by atoms with Crippen molar-refractivity contribution in [2.24, 2.45) is 0 Å². The molecule has 0 bridgehead atoms. The highest BCUT2D eigenvalue weighted by Gasteiger charge is 2.12. The SMILES string of the molecule is CCCC(C)NC(=O)Cn1cnc2cc(F)c(F)cc21. The van der Waals surface area contributed by atoms with E-state index in [0.717, 1.165) is 25.0 Å². The summed E-state index contributed by atoms with van der Waals surface area (Å²) in [7, 11) is 0. The Morgan fingerprint density at radius 1 is 1.40 bits per heavy atom. The van der Waals surface area contributed by atoms with Crippen LogP contribution in [0, 0.1) is 11.6 Å². The van der Waals surface area contributed by atoms with Gasteiger partial charge in [0.05, 0.1) is 17.4 Å². The van der Waals surface area contributed by atoms with Gasteiger partial charge in [-0.1, -0.05) is 13.3 Å². The first kappa shape index (κ1) is 14.4. The summed E-state index contributed by atoms with van der Waals surface area (Å²) in [5.74, 6) is -2.06. The Bertz CT molecular complexity index is 624. The van der Waals surface area contributed by atoms with E-state index in [0.29, 0.717) is 11.0 Å². The minimum absolute atomic E-state index is 0.0373. The highest BCUT2D eigenvalue weighted by atomic mass is 19.2. The molecule has 0 spiro atoms. The molecule has 6 heteroatoms. The van der Waals surface area contributed by atoms with Gasteiger partial charge >= 0.3 is 0 Å². The number of benzene rings is 1. The summed E-state index contributed by atoms with van der Waals surface area (Å²) in [5, 5.41) is 2.85. The van der Waals surface area contributed by atoms with Gasteiger partial charge in [0, 0.05) is 18.2 Å². The number of halogens is 2. The molecule has 4 nitrogen and oxygen atoms in total. The van der Waals surface area contributed by atoms with Crippen LogP contribution < -0.4 is 5.32 Å². The van der Waals surface area contributed by atoms with Crippen LogP contribution in [-0.2, 0) is 11.3 Å². The number of hydrogen-bond donors (Lipinski definition) is 1. The molecule has 1 aromatic carbocycles. The number of imidazole rings is 1. The highest BCUT2D eigenvalue weighted by molar-refractivity contribution is 5.80. The van der Waals surface area contributed by atoms with Crippen LogP contribution in [0.3, 0.4) is 0 Å². The molecule has 0 aliphatic rings. The summed E-state index contributed by atoms with van der Waals surface area (Å²) in [4.78, 5) is 15.8. The maximum Gasteiger partial charge on any atom is 0.240 e. The van der Waals surface area contributed by atoms with E-state index in [2.05, 4.69) is 10.3 Å². The van der Waals surface area contributed by atoms with Gasteiger partial charge in [0.2, 0.25) is 5.91 Å². The molecular formula is C14H17F2N3O. The monoisotopic (exact) mass is 281 g/mol. The lowest BCUT2D eigenvalue weighted by Gasteiger charge is -2.13. The number of carbonyl (C=O) groups excluding carboxylic acids is 1. The third-order valence-electron chi connectivity index (χ3n) is 3.11. The second-order valence-electron chi connectivity index (χ2n) is 4.88. The zero-order valence-electron chi connectivity index (χ0n) is 11.5. The van der Waals surface area contributed by atoms with Crippen molar-refractivity contribution in [3.63, 3.8) is 0 Å². The molecule has 2 aromatic rings. The first-order valence-electron chi connectivity index (χ1n) is 6.60. The lowest BCUT2D eigenvalue weighted by Crippen LogP contribution is -2.34. The Kier molecular flexibility index (Phi) is 4.32. The summed E-state index contributed by atoms with van der Waals surface area (Å²) >= 11 is 0. The molecule has 20 heavy (non-hydrogen) atoms. The number of hydrogen-bond acceptors (Lipinski definition) is 2. The third-order valence-corrected chi connectivity index (χ3v) is 3.11. The Hall–Kier alpha value is -1.98. The molecule has 0 saturated carbocycles. The van der Waals surface area contributed by atoms with Crippen molar-refractivity contribution in [3.8, 4) is 0 Å². The van der Waals surface area contributed by atoms with Crippen LogP contribution in [-0.4, -0.2) is 21.5 Å². The number of nitrogens with one attached hydrogen (secondary N) is 1. The lowest BCUT2D eigenvalue weighted by atomic mass is 10.2. The molecular weight excluding hydrogens is 264 g/mol. The average Bonchev–Trinajstić information content (AvgIpc) is 2.72. The molecule has 0 saturated heterocycles. The average molecular weight is 281 g/mol. The van der Waals surface area contributed by atoms with E-state index in [9.17, 15) is 13.6 Å². The normalized spacial score (nSPS) is 12.6. The number of carbonyl (C=O) groups is 1. The van der Waals surface area contributed by atoms with Gasteiger partial charge in [0.1, 0.15) is 6.54 Å². The van der Waals surface area contributed by atoms with E-state index in [1.54, 1.807) is 0 Å². The quantitative estimate of drug-likeness (QED) is 0.915. The van der Waals surface area contributed by atoms with Crippen LogP contribution in [0.25, 0.3) is 11.0 Å². The Labute approximate surface area is 115 Å². The zero-order valence-corrected chi connectivity index (χ0v) is 11.5. The van der Waals surface area contributed by atoms with E-state index < -0.39 is 11.6 Å². The van der Waals surface area contributed by atoms with E-state index in [4.69, 9.17) is 0 Å². The van der Waals surface area contributed by atoms with Crippen molar-refractivity contribution in [1.82, 2.24) is 14.9 Å². The van der Waals surface area contributed by atoms with Gasteiger partial charge in [-0.05, 0) is 13.3 Å². The van der Waals surface area contributed by atoms with Gasteiger partial charge < -0.3 is 9.88 Å². The van der Waals surface area contributed by atoms with Crippen LogP contribution in [0.15, 0.2) is 18.5 Å². The van der Waals surface area contributed by atoms with Crippen molar-refractivity contribution in [2.75, 3.05) is 0 Å². The maximum absolute atomic E-state index is 13.2. The smallest absolute Gasteiger partial charge is 0.240 e. The first-order valence-corrected chi connectivity index (χ1v) is 6.60. The lowest BCUT2D eigenvalue weighted by molar-refractivity contribution is -0.122. The number of amides is 1. The maximum atomic E-state index is 13.2. The number of aromatic nitrogens is 2. The van der Waals surface area contributed by atoms with Crippen molar-refractivity contribution < 1.29 is 13.6 Å². The summed E-state index contributed by atoms with van der Waals surface area (Å²) in [6.07, 6.45) is 3.30. The predicted molar refractivity (Wildman–Crippen MR) is 72.2 cm³/mol.